The fourth-order valence-electron chi connectivity index (χ4n) is 0.352. The summed E-state index contributed by atoms with van der Waals surface area (Å²) in [5, 5.41) is 18.1. The number of aliphatic hydroxyl groups excluding tert-OH is 1. The van der Waals surface area contributed by atoms with Crippen LogP contribution in [0.15, 0.2) is 0 Å². The third kappa shape index (κ3) is 3.66. The van der Waals surface area contributed by atoms with E-state index >= 15 is 0 Å². The Hall–Kier alpha value is -0.900. The van der Waals surface area contributed by atoms with E-state index in [4.69, 9.17) is 5.11 Å². The summed E-state index contributed by atoms with van der Waals surface area (Å²) in [6.07, 6.45) is -1.28. The molecule has 0 amide bonds. The van der Waals surface area contributed by atoms with Crippen LogP contribution in [0.5, 0.6) is 0 Å². The molecule has 0 saturated carbocycles. The Morgan fingerprint density at radius 1 is 1.67 bits per heavy atom. The lowest BCUT2D eigenvalue weighted by molar-refractivity contribution is -0.300. The molecule has 0 unspecified atom stereocenters. The van der Waals surface area contributed by atoms with Gasteiger partial charge in [0.15, 0.2) is 5.78 Å². The highest BCUT2D eigenvalue weighted by atomic mass is 16.4. The predicted octanol–water partition coefficient (Wildman–Crippen LogP) is -1.92. The van der Waals surface area contributed by atoms with Gasteiger partial charge in [0.1, 0.15) is 5.97 Å². The lowest BCUT2D eigenvalue weighted by atomic mass is 10.2. The zero-order valence-corrected chi connectivity index (χ0v) is 4.96. The lowest BCUT2D eigenvalue weighted by Gasteiger charge is -2.01. The maximum absolute atomic E-state index is 10.1. The average Bonchev–Trinajstić information content (AvgIpc) is 1.63. The SMILES string of the molecule is C[C@H](O)CC(=O)C(=O)[O-]. The first-order valence-corrected chi connectivity index (χ1v) is 2.46. The minimum atomic E-state index is -1.74. The van der Waals surface area contributed by atoms with Crippen molar-refractivity contribution in [1.82, 2.24) is 0 Å². The van der Waals surface area contributed by atoms with Crippen LogP contribution in [0.25, 0.3) is 0 Å². The molecule has 1 atom stereocenters. The van der Waals surface area contributed by atoms with E-state index < -0.39 is 17.9 Å². The van der Waals surface area contributed by atoms with Gasteiger partial charge in [0, 0.05) is 6.42 Å². The van der Waals surface area contributed by atoms with E-state index in [0.29, 0.717) is 0 Å². The number of hydrogen-bond acceptors (Lipinski definition) is 4. The highest BCUT2D eigenvalue weighted by Gasteiger charge is 2.05. The molecule has 0 spiro atoms. The van der Waals surface area contributed by atoms with Gasteiger partial charge in [0.2, 0.25) is 0 Å². The number of carbonyl (C=O) groups is 2. The number of hydrogen-bond donors (Lipinski definition) is 1. The maximum Gasteiger partial charge on any atom is 0.180 e. The molecule has 0 aliphatic rings. The summed E-state index contributed by atoms with van der Waals surface area (Å²) in [7, 11) is 0. The van der Waals surface area contributed by atoms with Gasteiger partial charge >= 0.3 is 0 Å². The van der Waals surface area contributed by atoms with Gasteiger partial charge in [-0.05, 0) is 6.92 Å². The van der Waals surface area contributed by atoms with Gasteiger partial charge in [-0.25, -0.2) is 0 Å². The summed E-state index contributed by atoms with van der Waals surface area (Å²) < 4.78 is 0. The topological polar surface area (TPSA) is 77.4 Å². The Kier molecular flexibility index (Phi) is 2.87. The smallest absolute Gasteiger partial charge is 0.180 e. The Bertz CT molecular complexity index is 127. The second-order valence-electron chi connectivity index (χ2n) is 1.76. The summed E-state index contributed by atoms with van der Waals surface area (Å²) in [6, 6.07) is 0. The van der Waals surface area contributed by atoms with Crippen molar-refractivity contribution in [3.8, 4) is 0 Å². The lowest BCUT2D eigenvalue weighted by Crippen LogP contribution is -2.33. The maximum atomic E-state index is 10.1. The molecule has 0 rings (SSSR count). The Morgan fingerprint density at radius 2 is 2.11 bits per heavy atom. The summed E-state index contributed by atoms with van der Waals surface area (Å²) in [4.78, 5) is 19.8. The number of aliphatic hydroxyl groups is 1. The van der Waals surface area contributed by atoms with E-state index in [1.165, 1.54) is 6.92 Å². The number of rotatable bonds is 3. The van der Waals surface area contributed by atoms with Crippen molar-refractivity contribution < 1.29 is 19.8 Å². The molecule has 0 aliphatic heterocycles. The molecular weight excluding hydrogens is 124 g/mol. The van der Waals surface area contributed by atoms with Crippen molar-refractivity contribution in [3.05, 3.63) is 0 Å². The monoisotopic (exact) mass is 131 g/mol. The molecule has 4 nitrogen and oxygen atoms in total. The van der Waals surface area contributed by atoms with Crippen molar-refractivity contribution in [2.45, 2.75) is 19.4 Å². The minimum absolute atomic E-state index is 0.373. The molecule has 4 heteroatoms. The van der Waals surface area contributed by atoms with Gasteiger partial charge in [0.25, 0.3) is 0 Å². The number of Topliss-reactive ketones (excluding diaryl/α,β-unsaturated/α-hetero) is 1. The van der Waals surface area contributed by atoms with Crippen LogP contribution in [0, 0.1) is 0 Å². The standard InChI is InChI=1S/C5H8O4/c1-3(6)2-4(7)5(8)9/h3,6H,2H2,1H3,(H,8,9)/p-1/t3-/m0/s1. The Labute approximate surface area is 52.1 Å². The fourth-order valence-corrected chi connectivity index (χ4v) is 0.352. The average molecular weight is 131 g/mol. The van der Waals surface area contributed by atoms with Crippen LogP contribution in [0.2, 0.25) is 0 Å². The molecule has 0 aromatic carbocycles. The van der Waals surface area contributed by atoms with Crippen LogP contribution in [0.3, 0.4) is 0 Å². The van der Waals surface area contributed by atoms with Gasteiger partial charge in [-0.15, -0.1) is 0 Å². The van der Waals surface area contributed by atoms with Crippen molar-refractivity contribution in [2.75, 3.05) is 0 Å². The van der Waals surface area contributed by atoms with Crippen molar-refractivity contribution in [3.63, 3.8) is 0 Å². The second kappa shape index (κ2) is 3.19. The summed E-state index contributed by atoms with van der Waals surface area (Å²) in [5.41, 5.74) is 0. The van der Waals surface area contributed by atoms with Gasteiger partial charge in [-0.3, -0.25) is 4.79 Å². The molecule has 0 saturated heterocycles. The first kappa shape index (κ1) is 8.10. The Balaban J connectivity index is 3.65. The number of aliphatic carboxylic acids is 1. The first-order chi connectivity index (χ1) is 4.04. The van der Waals surface area contributed by atoms with Crippen LogP contribution in [-0.4, -0.2) is 23.0 Å². The molecule has 9 heavy (non-hydrogen) atoms. The van der Waals surface area contributed by atoms with E-state index in [1.54, 1.807) is 0 Å². The molecule has 0 fully saturated rings. The third-order valence-corrected chi connectivity index (χ3v) is 0.708. The summed E-state index contributed by atoms with van der Waals surface area (Å²) >= 11 is 0. The molecule has 52 valence electrons. The third-order valence-electron chi connectivity index (χ3n) is 0.708. The first-order valence-electron chi connectivity index (χ1n) is 2.46. The van der Waals surface area contributed by atoms with Gasteiger partial charge in [0.05, 0.1) is 6.10 Å². The molecule has 0 heterocycles. The van der Waals surface area contributed by atoms with Crippen molar-refractivity contribution >= 4 is 11.8 Å². The normalized spacial score (nSPS) is 12.7. The van der Waals surface area contributed by atoms with Crippen LogP contribution in [-0.2, 0) is 9.59 Å². The zero-order valence-electron chi connectivity index (χ0n) is 4.96. The molecular formula is C5H7O4-. The van der Waals surface area contributed by atoms with Crippen LogP contribution < -0.4 is 5.11 Å². The number of carboxylic acids is 1. The van der Waals surface area contributed by atoms with Crippen LogP contribution in [0.1, 0.15) is 13.3 Å². The minimum Gasteiger partial charge on any atom is -0.542 e. The molecule has 1 N–H and O–H groups in total. The van der Waals surface area contributed by atoms with Crippen LogP contribution in [0.4, 0.5) is 0 Å². The van der Waals surface area contributed by atoms with E-state index in [-0.39, 0.29) is 6.42 Å². The zero-order chi connectivity index (χ0) is 7.44. The molecule has 0 bridgehead atoms. The van der Waals surface area contributed by atoms with Gasteiger partial charge < -0.3 is 15.0 Å². The van der Waals surface area contributed by atoms with Crippen LogP contribution >= 0.6 is 0 Å². The highest BCUT2D eigenvalue weighted by Crippen LogP contribution is 1.88. The van der Waals surface area contributed by atoms with Gasteiger partial charge in [-0.1, -0.05) is 0 Å². The molecule has 0 aromatic heterocycles. The molecule has 0 radical (unpaired) electrons. The molecule has 0 aromatic rings. The predicted molar refractivity (Wildman–Crippen MR) is 26.3 cm³/mol. The van der Waals surface area contributed by atoms with E-state index in [2.05, 4.69) is 0 Å². The van der Waals surface area contributed by atoms with E-state index in [9.17, 15) is 14.7 Å². The van der Waals surface area contributed by atoms with E-state index in [1.807, 2.05) is 0 Å². The Morgan fingerprint density at radius 3 is 2.22 bits per heavy atom. The highest BCUT2D eigenvalue weighted by molar-refractivity contribution is 6.31. The number of ketones is 1. The summed E-state index contributed by atoms with van der Waals surface area (Å²) in [5.74, 6) is -2.80. The second-order valence-corrected chi connectivity index (χ2v) is 1.76. The fraction of sp³-hybridized carbons (Fsp3) is 0.600. The largest absolute Gasteiger partial charge is 0.542 e. The van der Waals surface area contributed by atoms with E-state index in [0.717, 1.165) is 0 Å². The number of carbonyl (C=O) groups excluding carboxylic acids is 2. The summed E-state index contributed by atoms with van der Waals surface area (Å²) in [6.45, 7) is 1.33. The number of carboxylic acid groups (broad SMARTS) is 1. The van der Waals surface area contributed by atoms with Crippen molar-refractivity contribution in [2.24, 2.45) is 0 Å². The van der Waals surface area contributed by atoms with Crippen molar-refractivity contribution in [1.29, 1.82) is 0 Å². The quantitative estimate of drug-likeness (QED) is 0.453. The van der Waals surface area contributed by atoms with Gasteiger partial charge in [-0.2, -0.15) is 0 Å². The molecule has 0 aliphatic carbocycles.